The van der Waals surface area contributed by atoms with Gasteiger partial charge in [0, 0.05) is 36.2 Å². The summed E-state index contributed by atoms with van der Waals surface area (Å²) in [7, 11) is -1.98. The van der Waals surface area contributed by atoms with Crippen LogP contribution >= 0.6 is 11.6 Å². The lowest BCUT2D eigenvalue weighted by atomic mass is 9.61. The van der Waals surface area contributed by atoms with E-state index in [9.17, 15) is 13.2 Å². The zero-order chi connectivity index (χ0) is 28.4. The van der Waals surface area contributed by atoms with Gasteiger partial charge in [-0.05, 0) is 111 Å². The van der Waals surface area contributed by atoms with Gasteiger partial charge in [-0.2, -0.15) is 0 Å². The number of carbonyl (C=O) groups excluding carboxylic acids is 1. The molecule has 3 aliphatic carbocycles. The minimum atomic E-state index is -3.79. The molecule has 2 fully saturated rings. The maximum Gasteiger partial charge on any atom is 0.264 e. The summed E-state index contributed by atoms with van der Waals surface area (Å²) in [5.41, 5.74) is 3.28. The van der Waals surface area contributed by atoms with E-state index in [1.807, 2.05) is 25.3 Å². The number of amides is 1. The zero-order valence-corrected chi connectivity index (χ0v) is 25.2. The molecule has 7 nitrogen and oxygen atoms in total. The first-order chi connectivity index (χ1) is 19.7. The molecular weight excluding hydrogens is 560 g/mol. The van der Waals surface area contributed by atoms with E-state index in [-0.39, 0.29) is 22.7 Å². The number of halogens is 1. The number of fused-ring (bicyclic) bond motifs is 6. The second-order valence-electron chi connectivity index (χ2n) is 13.0. The van der Waals surface area contributed by atoms with Crippen LogP contribution < -0.4 is 14.4 Å². The Bertz CT molecular complexity index is 1480. The summed E-state index contributed by atoms with van der Waals surface area (Å²) in [5, 5.41) is 0.760. The molecule has 1 amide bonds. The van der Waals surface area contributed by atoms with Gasteiger partial charge in [-0.1, -0.05) is 24.1 Å². The molecule has 2 heterocycles. The Morgan fingerprint density at radius 3 is 2.76 bits per heavy atom. The Hall–Kier alpha value is -2.29. The molecule has 0 aromatic heterocycles. The Morgan fingerprint density at radius 1 is 1.07 bits per heavy atom. The lowest BCUT2D eigenvalue weighted by Crippen LogP contribution is -2.55. The lowest BCUT2D eigenvalue weighted by molar-refractivity contribution is -0.133. The fourth-order valence-corrected chi connectivity index (χ4v) is 10.2. The van der Waals surface area contributed by atoms with Crippen LogP contribution in [0.4, 0.5) is 5.69 Å². The van der Waals surface area contributed by atoms with E-state index in [1.54, 1.807) is 6.07 Å². The molecule has 0 radical (unpaired) electrons. The summed E-state index contributed by atoms with van der Waals surface area (Å²) in [6.07, 6.45) is 8.76. The minimum Gasteiger partial charge on any atom is -0.490 e. The molecule has 2 bridgehead atoms. The van der Waals surface area contributed by atoms with Crippen molar-refractivity contribution in [3.05, 3.63) is 58.1 Å². The average Bonchev–Trinajstić information content (AvgIpc) is 3.27. The molecule has 0 saturated heterocycles. The third kappa shape index (κ3) is 4.65. The van der Waals surface area contributed by atoms with E-state index in [0.717, 1.165) is 80.9 Å². The highest BCUT2D eigenvalue weighted by molar-refractivity contribution is 7.90. The van der Waals surface area contributed by atoms with Crippen molar-refractivity contribution >= 4 is 33.2 Å². The van der Waals surface area contributed by atoms with Crippen LogP contribution in [-0.2, 0) is 26.6 Å². The van der Waals surface area contributed by atoms with Crippen LogP contribution in [0.25, 0.3) is 0 Å². The number of hydrogen-bond donors (Lipinski definition) is 1. The molecule has 2 aliphatic heterocycles. The van der Waals surface area contributed by atoms with E-state index >= 15 is 0 Å². The van der Waals surface area contributed by atoms with Gasteiger partial charge in [0.1, 0.15) is 5.75 Å². The van der Waals surface area contributed by atoms with Crippen molar-refractivity contribution in [1.82, 2.24) is 4.72 Å². The average molecular weight is 599 g/mol. The normalized spacial score (nSPS) is 34.1. The van der Waals surface area contributed by atoms with E-state index < -0.39 is 15.9 Å². The van der Waals surface area contributed by atoms with Gasteiger partial charge in [0.25, 0.3) is 5.91 Å². The van der Waals surface area contributed by atoms with Crippen molar-refractivity contribution in [2.45, 2.75) is 68.8 Å². The van der Waals surface area contributed by atoms with Crippen LogP contribution in [-0.4, -0.2) is 52.5 Å². The molecule has 9 heteroatoms. The van der Waals surface area contributed by atoms with E-state index in [4.69, 9.17) is 21.1 Å². The van der Waals surface area contributed by atoms with Crippen molar-refractivity contribution in [2.24, 2.45) is 17.8 Å². The molecule has 7 rings (SSSR count). The molecule has 41 heavy (non-hydrogen) atoms. The lowest BCUT2D eigenvalue weighted by Gasteiger charge is -2.52. The predicted octanol–water partition coefficient (Wildman–Crippen LogP) is 5.49. The summed E-state index contributed by atoms with van der Waals surface area (Å²) in [6, 6.07) is 11.6. The van der Waals surface area contributed by atoms with Crippen LogP contribution in [0.15, 0.2) is 36.4 Å². The van der Waals surface area contributed by atoms with E-state index in [0.29, 0.717) is 30.4 Å². The Labute approximate surface area is 248 Å². The van der Waals surface area contributed by atoms with Gasteiger partial charge in [0.2, 0.25) is 10.0 Å². The number of nitrogens with one attached hydrogen (secondary N) is 1. The Balaban J connectivity index is 1.33. The molecule has 1 spiro atoms. The van der Waals surface area contributed by atoms with E-state index in [2.05, 4.69) is 21.8 Å². The van der Waals surface area contributed by atoms with Crippen molar-refractivity contribution in [2.75, 3.05) is 37.5 Å². The SMILES string of the molecule is CO[C@@]12CCCC1CCS(=O)(=O)NC(=O)c1ccc3c(c1)N(C[C@@H]1CC[C@H]12)C[C@@]1(CCCc2cc(Cl)ccc21)CO3. The molecule has 1 N–H and O–H groups in total. The number of ether oxygens (including phenoxy) is 2. The van der Waals surface area contributed by atoms with Crippen LogP contribution in [0.3, 0.4) is 0 Å². The van der Waals surface area contributed by atoms with Crippen LogP contribution in [0.2, 0.25) is 5.02 Å². The molecular formula is C32H39ClN2O5S. The summed E-state index contributed by atoms with van der Waals surface area (Å²) in [6.45, 7) is 2.17. The number of nitrogens with zero attached hydrogens (tertiary/aromatic N) is 1. The number of rotatable bonds is 1. The monoisotopic (exact) mass is 598 g/mol. The highest BCUT2D eigenvalue weighted by atomic mass is 35.5. The maximum atomic E-state index is 13.3. The Kier molecular flexibility index (Phi) is 6.83. The zero-order valence-electron chi connectivity index (χ0n) is 23.7. The van der Waals surface area contributed by atoms with Crippen molar-refractivity contribution in [1.29, 1.82) is 0 Å². The number of benzene rings is 2. The third-order valence-electron chi connectivity index (χ3n) is 11.0. The van der Waals surface area contributed by atoms with E-state index in [1.165, 1.54) is 11.1 Å². The van der Waals surface area contributed by atoms with Crippen molar-refractivity contribution in [3.63, 3.8) is 0 Å². The second-order valence-corrected chi connectivity index (χ2v) is 15.3. The number of hydrogen-bond acceptors (Lipinski definition) is 6. The fraction of sp³-hybridized carbons (Fsp3) is 0.594. The van der Waals surface area contributed by atoms with Gasteiger partial charge in [0.05, 0.1) is 23.6 Å². The maximum absolute atomic E-state index is 13.3. The van der Waals surface area contributed by atoms with Crippen molar-refractivity contribution < 1.29 is 22.7 Å². The first kappa shape index (κ1) is 27.5. The topological polar surface area (TPSA) is 84.9 Å². The number of sulfonamides is 1. The summed E-state index contributed by atoms with van der Waals surface area (Å²) < 4.78 is 41.4. The predicted molar refractivity (Wildman–Crippen MR) is 159 cm³/mol. The molecule has 2 aromatic rings. The quantitative estimate of drug-likeness (QED) is 0.467. The first-order valence-corrected chi connectivity index (χ1v) is 17.2. The number of methoxy groups -OCH3 is 1. The van der Waals surface area contributed by atoms with Gasteiger partial charge >= 0.3 is 0 Å². The third-order valence-corrected chi connectivity index (χ3v) is 12.5. The van der Waals surface area contributed by atoms with Gasteiger partial charge < -0.3 is 14.4 Å². The molecule has 5 atom stereocenters. The second kappa shape index (κ2) is 10.2. The van der Waals surface area contributed by atoms with Gasteiger partial charge in [-0.3, -0.25) is 4.79 Å². The van der Waals surface area contributed by atoms with Crippen LogP contribution in [0.1, 0.15) is 72.9 Å². The molecule has 1 unspecified atom stereocenters. The number of aryl methyl sites for hydroxylation is 1. The summed E-state index contributed by atoms with van der Waals surface area (Å²) >= 11 is 6.41. The summed E-state index contributed by atoms with van der Waals surface area (Å²) in [4.78, 5) is 15.7. The minimum absolute atomic E-state index is 0.0714. The van der Waals surface area contributed by atoms with Gasteiger partial charge in [-0.15, -0.1) is 0 Å². The largest absolute Gasteiger partial charge is 0.490 e. The highest BCUT2D eigenvalue weighted by Crippen LogP contribution is 2.55. The van der Waals surface area contributed by atoms with Gasteiger partial charge in [0.15, 0.2) is 0 Å². The van der Waals surface area contributed by atoms with Crippen molar-refractivity contribution in [3.8, 4) is 5.75 Å². The number of anilines is 1. The first-order valence-electron chi connectivity index (χ1n) is 15.1. The Morgan fingerprint density at radius 2 is 1.95 bits per heavy atom. The fourth-order valence-electron chi connectivity index (χ4n) is 8.89. The smallest absolute Gasteiger partial charge is 0.264 e. The molecule has 220 valence electrons. The highest BCUT2D eigenvalue weighted by Gasteiger charge is 2.55. The standard InChI is InChI=1S/C32H39ClN2O5S/c1-39-32-14-3-5-24(32)12-15-41(37,38)34-30(36)22-7-11-29-28(17-22)35(18-23-6-9-27(23)32)19-31(20-40-29)13-2-4-21-16-25(33)8-10-26(21)31/h7-8,10-11,16-17,23-24,27H,2-6,9,12-15,18-20H2,1H3,(H,34,36)/t23-,24?,27+,31-,32-/m0/s1. The van der Waals surface area contributed by atoms with Gasteiger partial charge in [-0.25, -0.2) is 13.1 Å². The van der Waals surface area contributed by atoms with Crippen LogP contribution in [0.5, 0.6) is 5.75 Å². The molecule has 5 aliphatic rings. The summed E-state index contributed by atoms with van der Waals surface area (Å²) in [5.74, 6) is 1.04. The van der Waals surface area contributed by atoms with Crippen LogP contribution in [0, 0.1) is 17.8 Å². The number of carbonyl (C=O) groups is 1. The molecule has 2 saturated carbocycles. The molecule has 2 aromatic carbocycles.